The largest absolute Gasteiger partial charge is 0.480 e. The van der Waals surface area contributed by atoms with E-state index in [4.69, 9.17) is 5.11 Å². The van der Waals surface area contributed by atoms with Gasteiger partial charge >= 0.3 is 5.97 Å². The first-order valence-corrected chi connectivity index (χ1v) is 9.11. The molecule has 0 aliphatic carbocycles. The molecule has 0 saturated carbocycles. The number of aliphatic carboxylic acids is 1. The molecule has 1 aliphatic heterocycles. The molecule has 2 rings (SSSR count). The Morgan fingerprint density at radius 2 is 1.81 bits per heavy atom. The van der Waals surface area contributed by atoms with Crippen LogP contribution < -0.4 is 0 Å². The van der Waals surface area contributed by atoms with Crippen molar-refractivity contribution in [2.45, 2.75) is 52.5 Å². The van der Waals surface area contributed by atoms with Crippen LogP contribution in [0.1, 0.15) is 42.9 Å². The van der Waals surface area contributed by atoms with Crippen LogP contribution in [-0.4, -0.2) is 58.4 Å². The van der Waals surface area contributed by atoms with Gasteiger partial charge in [-0.2, -0.15) is 0 Å². The summed E-state index contributed by atoms with van der Waals surface area (Å²) in [5.74, 6) is -1.14. The summed E-state index contributed by atoms with van der Waals surface area (Å²) < 4.78 is 0. The quantitative estimate of drug-likeness (QED) is 0.873. The van der Waals surface area contributed by atoms with E-state index in [1.54, 1.807) is 0 Å². The number of hydrogen-bond donors (Lipinski definition) is 1. The van der Waals surface area contributed by atoms with Crippen LogP contribution in [0.3, 0.4) is 0 Å². The summed E-state index contributed by atoms with van der Waals surface area (Å²) >= 11 is 0. The van der Waals surface area contributed by atoms with E-state index in [2.05, 4.69) is 0 Å². The molecule has 1 unspecified atom stereocenters. The smallest absolute Gasteiger partial charge is 0.323 e. The Hall–Kier alpha value is -2.37. The third kappa shape index (κ3) is 5.07. The van der Waals surface area contributed by atoms with Crippen LogP contribution in [0.5, 0.6) is 0 Å². The Morgan fingerprint density at radius 1 is 1.15 bits per heavy atom. The first-order valence-electron chi connectivity index (χ1n) is 9.11. The second-order valence-electron chi connectivity index (χ2n) is 7.05. The lowest BCUT2D eigenvalue weighted by Crippen LogP contribution is -2.43. The number of carboxylic acids is 1. The van der Waals surface area contributed by atoms with Crippen LogP contribution in [0.25, 0.3) is 0 Å². The van der Waals surface area contributed by atoms with Gasteiger partial charge in [0.05, 0.1) is 6.42 Å². The monoisotopic (exact) mass is 360 g/mol. The number of rotatable bonds is 5. The average Bonchev–Trinajstić information content (AvgIpc) is 2.81. The third-order valence-electron chi connectivity index (χ3n) is 5.17. The Kier molecular flexibility index (Phi) is 6.77. The summed E-state index contributed by atoms with van der Waals surface area (Å²) in [7, 11) is 0. The molecule has 0 spiro atoms. The maximum Gasteiger partial charge on any atom is 0.323 e. The lowest BCUT2D eigenvalue weighted by molar-refractivity contribution is -0.145. The van der Waals surface area contributed by atoms with Gasteiger partial charge in [-0.15, -0.1) is 0 Å². The van der Waals surface area contributed by atoms with Gasteiger partial charge in [0.15, 0.2) is 0 Å². The Labute approximate surface area is 154 Å². The molecule has 0 radical (unpaired) electrons. The van der Waals surface area contributed by atoms with Crippen LogP contribution in [0.2, 0.25) is 0 Å². The molecule has 142 valence electrons. The third-order valence-corrected chi connectivity index (χ3v) is 5.17. The predicted molar refractivity (Wildman–Crippen MR) is 98.9 cm³/mol. The van der Waals surface area contributed by atoms with Gasteiger partial charge in [-0.05, 0) is 49.8 Å². The Morgan fingerprint density at radius 3 is 2.38 bits per heavy atom. The minimum Gasteiger partial charge on any atom is -0.480 e. The molecule has 1 saturated heterocycles. The van der Waals surface area contributed by atoms with Crippen LogP contribution in [0.15, 0.2) is 18.2 Å². The van der Waals surface area contributed by atoms with Gasteiger partial charge in [-0.3, -0.25) is 14.4 Å². The molecule has 1 aromatic rings. The molecule has 2 amide bonds. The summed E-state index contributed by atoms with van der Waals surface area (Å²) in [4.78, 5) is 38.9. The topological polar surface area (TPSA) is 77.9 Å². The minimum absolute atomic E-state index is 0.0932. The Bertz CT molecular complexity index is 666. The van der Waals surface area contributed by atoms with E-state index in [1.165, 1.54) is 11.8 Å². The molecule has 26 heavy (non-hydrogen) atoms. The van der Waals surface area contributed by atoms with E-state index in [9.17, 15) is 14.4 Å². The molecular formula is C20H28N2O4. The SMILES string of the molecule is CC(=O)N(CC(=O)O)C1CCCN(C(=O)Cc2c(C)cccc2C)CC1. The number of carbonyl (C=O) groups excluding carboxylic acids is 2. The number of carboxylic acid groups (broad SMARTS) is 1. The molecule has 1 aliphatic rings. The van der Waals surface area contributed by atoms with Crippen molar-refractivity contribution in [3.8, 4) is 0 Å². The predicted octanol–water partition coefficient (Wildman–Crippen LogP) is 2.16. The zero-order chi connectivity index (χ0) is 19.3. The van der Waals surface area contributed by atoms with E-state index < -0.39 is 5.97 Å². The number of hydrogen-bond acceptors (Lipinski definition) is 3. The van der Waals surface area contributed by atoms with Gasteiger partial charge in [0.1, 0.15) is 6.54 Å². The van der Waals surface area contributed by atoms with E-state index in [-0.39, 0.29) is 24.4 Å². The zero-order valence-electron chi connectivity index (χ0n) is 15.8. The first-order chi connectivity index (χ1) is 12.3. The van der Waals surface area contributed by atoms with Crippen LogP contribution >= 0.6 is 0 Å². The molecule has 1 fully saturated rings. The minimum atomic E-state index is -1.01. The standard InChI is InChI=1S/C20H28N2O4/c1-14-6-4-7-15(2)18(14)12-19(24)21-10-5-8-17(9-11-21)22(16(3)23)13-20(25)26/h4,6-7,17H,5,8-13H2,1-3H3,(H,25,26). The molecular weight excluding hydrogens is 332 g/mol. The Balaban J connectivity index is 2.02. The van der Waals surface area contributed by atoms with Crippen LogP contribution in [-0.2, 0) is 20.8 Å². The van der Waals surface area contributed by atoms with E-state index in [0.29, 0.717) is 25.9 Å². The van der Waals surface area contributed by atoms with Crippen molar-refractivity contribution in [2.75, 3.05) is 19.6 Å². The highest BCUT2D eigenvalue weighted by atomic mass is 16.4. The van der Waals surface area contributed by atoms with Crippen molar-refractivity contribution in [1.82, 2.24) is 9.80 Å². The highest BCUT2D eigenvalue weighted by Gasteiger charge is 2.27. The fraction of sp³-hybridized carbons (Fsp3) is 0.550. The lowest BCUT2D eigenvalue weighted by Gasteiger charge is -2.29. The average molecular weight is 360 g/mol. The number of aryl methyl sites for hydroxylation is 2. The fourth-order valence-corrected chi connectivity index (χ4v) is 3.67. The molecule has 1 atom stereocenters. The van der Waals surface area contributed by atoms with Crippen LogP contribution in [0, 0.1) is 13.8 Å². The van der Waals surface area contributed by atoms with Gasteiger partial charge in [0.2, 0.25) is 11.8 Å². The number of carbonyl (C=O) groups is 3. The van der Waals surface area contributed by atoms with Crippen LogP contribution in [0.4, 0.5) is 0 Å². The molecule has 1 aromatic carbocycles. The van der Waals surface area contributed by atoms with E-state index >= 15 is 0 Å². The summed E-state index contributed by atoms with van der Waals surface area (Å²) in [6.07, 6.45) is 2.49. The second kappa shape index (κ2) is 8.83. The molecule has 0 bridgehead atoms. The number of benzene rings is 1. The van der Waals surface area contributed by atoms with Crippen molar-refractivity contribution in [1.29, 1.82) is 0 Å². The summed E-state index contributed by atoms with van der Waals surface area (Å²) in [5.41, 5.74) is 3.32. The molecule has 6 heteroatoms. The van der Waals surface area contributed by atoms with Gasteiger partial charge in [0.25, 0.3) is 0 Å². The highest BCUT2D eigenvalue weighted by Crippen LogP contribution is 2.20. The molecule has 6 nitrogen and oxygen atoms in total. The number of likely N-dealkylation sites (tertiary alicyclic amines) is 1. The lowest BCUT2D eigenvalue weighted by atomic mass is 9.99. The van der Waals surface area contributed by atoms with E-state index in [0.717, 1.165) is 29.5 Å². The van der Waals surface area contributed by atoms with Gasteiger partial charge in [-0.25, -0.2) is 0 Å². The maximum atomic E-state index is 12.8. The van der Waals surface area contributed by atoms with Crippen molar-refractivity contribution in [2.24, 2.45) is 0 Å². The normalized spacial score (nSPS) is 17.5. The first kappa shape index (κ1) is 19.9. The summed E-state index contributed by atoms with van der Waals surface area (Å²) in [6.45, 7) is 6.36. The van der Waals surface area contributed by atoms with E-state index in [1.807, 2.05) is 36.9 Å². The molecule has 0 aromatic heterocycles. The van der Waals surface area contributed by atoms with Crippen molar-refractivity contribution >= 4 is 17.8 Å². The fourth-order valence-electron chi connectivity index (χ4n) is 3.67. The van der Waals surface area contributed by atoms with Gasteiger partial charge in [-0.1, -0.05) is 18.2 Å². The second-order valence-corrected chi connectivity index (χ2v) is 7.05. The number of amides is 2. The van der Waals surface area contributed by atoms with Gasteiger partial charge < -0.3 is 14.9 Å². The number of nitrogens with zero attached hydrogens (tertiary/aromatic N) is 2. The van der Waals surface area contributed by atoms with Crippen molar-refractivity contribution < 1.29 is 19.5 Å². The van der Waals surface area contributed by atoms with Crippen molar-refractivity contribution in [3.05, 3.63) is 34.9 Å². The molecule has 1 N–H and O–H groups in total. The van der Waals surface area contributed by atoms with Gasteiger partial charge in [0, 0.05) is 26.1 Å². The summed E-state index contributed by atoms with van der Waals surface area (Å²) in [6, 6.07) is 5.91. The maximum absolute atomic E-state index is 12.8. The summed E-state index contributed by atoms with van der Waals surface area (Å²) in [5, 5.41) is 9.03. The highest BCUT2D eigenvalue weighted by molar-refractivity contribution is 5.80. The zero-order valence-corrected chi connectivity index (χ0v) is 15.8. The molecule has 1 heterocycles. The van der Waals surface area contributed by atoms with Crippen molar-refractivity contribution in [3.63, 3.8) is 0 Å².